The molecule has 1 heterocycles. The number of hydrogen-bond donors (Lipinski definition) is 2. The second kappa shape index (κ2) is 7.29. The van der Waals surface area contributed by atoms with E-state index in [1.54, 1.807) is 18.2 Å². The third-order valence-corrected chi connectivity index (χ3v) is 5.67. The molecule has 0 aliphatic carbocycles. The van der Waals surface area contributed by atoms with Crippen LogP contribution in [0, 0.1) is 0 Å². The zero-order valence-electron chi connectivity index (χ0n) is 16.2. The van der Waals surface area contributed by atoms with Gasteiger partial charge in [-0.3, -0.25) is 4.79 Å². The third kappa shape index (κ3) is 6.00. The molecular formula is C19H19F5N2O4S. The SMILES string of the molecule is COc1cc(NC(=O)Cc2ccc(S(F)(F)(F)(F)F)cc2)ccc1C[C@H]1COC(=O)N1. The van der Waals surface area contributed by atoms with Crippen molar-refractivity contribution in [2.45, 2.75) is 23.8 Å². The normalized spacial score (nSPS) is 18.4. The van der Waals surface area contributed by atoms with Gasteiger partial charge in [0.2, 0.25) is 5.91 Å². The zero-order valence-corrected chi connectivity index (χ0v) is 17.0. The second-order valence-electron chi connectivity index (χ2n) is 7.01. The lowest BCUT2D eigenvalue weighted by Crippen LogP contribution is -2.28. The van der Waals surface area contributed by atoms with E-state index in [-0.39, 0.29) is 36.8 Å². The van der Waals surface area contributed by atoms with Crippen molar-refractivity contribution >= 4 is 27.9 Å². The first kappa shape index (κ1) is 22.7. The molecule has 2 amide bonds. The van der Waals surface area contributed by atoms with Crippen LogP contribution in [-0.4, -0.2) is 31.8 Å². The van der Waals surface area contributed by atoms with E-state index in [4.69, 9.17) is 9.47 Å². The van der Waals surface area contributed by atoms with Gasteiger partial charge in [0.1, 0.15) is 17.3 Å². The Hall–Kier alpha value is -3.02. The van der Waals surface area contributed by atoms with Crippen molar-refractivity contribution in [3.05, 3.63) is 53.6 Å². The maximum atomic E-state index is 12.8. The lowest BCUT2D eigenvalue weighted by molar-refractivity contribution is -0.115. The minimum Gasteiger partial charge on any atom is -0.496 e. The molecule has 1 fully saturated rings. The molecule has 12 heteroatoms. The monoisotopic (exact) mass is 466 g/mol. The average molecular weight is 466 g/mol. The molecule has 1 aliphatic rings. The van der Waals surface area contributed by atoms with E-state index in [0.717, 1.165) is 17.7 Å². The number of methoxy groups -OCH3 is 1. The fraction of sp³-hybridized carbons (Fsp3) is 0.263. The van der Waals surface area contributed by atoms with Gasteiger partial charge in [0.25, 0.3) is 0 Å². The van der Waals surface area contributed by atoms with Crippen LogP contribution >= 0.6 is 10.2 Å². The summed E-state index contributed by atoms with van der Waals surface area (Å²) in [5.74, 6) is -0.0921. The summed E-state index contributed by atoms with van der Waals surface area (Å²) < 4.78 is 73.9. The molecule has 0 bridgehead atoms. The Bertz CT molecular complexity index is 1010. The molecule has 0 radical (unpaired) electrons. The van der Waals surface area contributed by atoms with Gasteiger partial charge in [-0.25, -0.2) is 4.79 Å². The summed E-state index contributed by atoms with van der Waals surface area (Å²) in [6.07, 6.45) is -0.362. The molecule has 6 nitrogen and oxygen atoms in total. The number of anilines is 1. The van der Waals surface area contributed by atoms with Crippen LogP contribution in [0.3, 0.4) is 0 Å². The first-order valence-corrected chi connectivity index (χ1v) is 10.9. The number of rotatable bonds is 7. The molecule has 0 aromatic heterocycles. The topological polar surface area (TPSA) is 76.7 Å². The molecule has 31 heavy (non-hydrogen) atoms. The van der Waals surface area contributed by atoms with Gasteiger partial charge in [-0.1, -0.05) is 37.6 Å². The molecule has 1 atom stereocenters. The van der Waals surface area contributed by atoms with Crippen LogP contribution in [0.25, 0.3) is 0 Å². The number of ether oxygens (including phenoxy) is 2. The number of carbonyl (C=O) groups excluding carboxylic acids is 2. The Morgan fingerprint density at radius 3 is 2.39 bits per heavy atom. The van der Waals surface area contributed by atoms with E-state index in [9.17, 15) is 29.0 Å². The number of benzene rings is 2. The molecule has 0 unspecified atom stereocenters. The summed E-state index contributed by atoms with van der Waals surface area (Å²) >= 11 is 0. The largest absolute Gasteiger partial charge is 0.496 e. The van der Waals surface area contributed by atoms with Crippen molar-refractivity contribution in [1.29, 1.82) is 0 Å². The molecule has 0 saturated carbocycles. The lowest BCUT2D eigenvalue weighted by atomic mass is 10.0. The van der Waals surface area contributed by atoms with Gasteiger partial charge in [-0.2, -0.15) is 0 Å². The van der Waals surface area contributed by atoms with Gasteiger partial charge >= 0.3 is 16.3 Å². The van der Waals surface area contributed by atoms with E-state index in [1.807, 2.05) is 0 Å². The van der Waals surface area contributed by atoms with Gasteiger partial charge in [-0.15, -0.1) is 0 Å². The van der Waals surface area contributed by atoms with Crippen LogP contribution in [0.1, 0.15) is 11.1 Å². The number of halogens is 5. The van der Waals surface area contributed by atoms with Crippen molar-refractivity contribution < 1.29 is 38.5 Å². The third-order valence-electron chi connectivity index (χ3n) is 4.51. The Kier molecular flexibility index (Phi) is 5.33. The Balaban J connectivity index is 1.64. The highest BCUT2D eigenvalue weighted by Gasteiger charge is 2.65. The van der Waals surface area contributed by atoms with Crippen molar-refractivity contribution in [1.82, 2.24) is 5.32 Å². The van der Waals surface area contributed by atoms with Crippen LogP contribution in [0.4, 0.5) is 29.9 Å². The van der Waals surface area contributed by atoms with Crippen molar-refractivity contribution in [3.8, 4) is 5.75 Å². The number of cyclic esters (lactones) is 1. The summed E-state index contributed by atoms with van der Waals surface area (Å²) in [5, 5.41) is 5.22. The van der Waals surface area contributed by atoms with Crippen molar-refractivity contribution in [2.24, 2.45) is 0 Å². The van der Waals surface area contributed by atoms with Crippen molar-refractivity contribution in [2.75, 3.05) is 19.0 Å². The minimum atomic E-state index is -9.74. The average Bonchev–Trinajstić information content (AvgIpc) is 3.06. The van der Waals surface area contributed by atoms with Gasteiger partial charge in [-0.05, 0) is 35.7 Å². The number of nitrogens with one attached hydrogen (secondary N) is 2. The lowest BCUT2D eigenvalue weighted by Gasteiger charge is -2.40. The Labute approximate surface area is 174 Å². The van der Waals surface area contributed by atoms with Crippen LogP contribution in [0.2, 0.25) is 0 Å². The van der Waals surface area contributed by atoms with E-state index in [1.165, 1.54) is 7.11 Å². The van der Waals surface area contributed by atoms with E-state index >= 15 is 0 Å². The van der Waals surface area contributed by atoms with Gasteiger partial charge in [0.05, 0.1) is 19.6 Å². The molecule has 3 rings (SSSR count). The van der Waals surface area contributed by atoms with Gasteiger partial charge < -0.3 is 20.1 Å². The van der Waals surface area contributed by atoms with Crippen LogP contribution in [0.15, 0.2) is 47.4 Å². The first-order valence-electron chi connectivity index (χ1n) is 8.96. The van der Waals surface area contributed by atoms with Crippen LogP contribution in [0.5, 0.6) is 5.75 Å². The molecule has 2 aromatic rings. The van der Waals surface area contributed by atoms with Crippen LogP contribution in [-0.2, 0) is 22.4 Å². The number of amides is 2. The maximum absolute atomic E-state index is 12.8. The molecule has 2 N–H and O–H groups in total. The number of carbonyl (C=O) groups is 2. The summed E-state index contributed by atoms with van der Waals surface area (Å²) in [7, 11) is -8.31. The summed E-state index contributed by atoms with van der Waals surface area (Å²) in [6.45, 7) is 0.223. The molecule has 170 valence electrons. The number of hydrogen-bond acceptors (Lipinski definition) is 4. The quantitative estimate of drug-likeness (QED) is 0.551. The summed E-state index contributed by atoms with van der Waals surface area (Å²) in [4.78, 5) is 21.3. The Morgan fingerprint density at radius 1 is 1.16 bits per heavy atom. The highest BCUT2D eigenvalue weighted by Crippen LogP contribution is 3.02. The molecule has 0 spiro atoms. The standard InChI is InChI=1S/C19H19F5N2O4S/c1-29-17-10-14(5-4-13(17)9-15-11-30-19(28)26-15)25-18(27)8-12-2-6-16(7-3-12)31(20,21,22,23)24/h2-7,10,15H,8-9,11H2,1H3,(H,25,27)(H,26,28)/t15-/m0/s1. The molecule has 2 aromatic carbocycles. The van der Waals surface area contributed by atoms with Crippen molar-refractivity contribution in [3.63, 3.8) is 0 Å². The van der Waals surface area contributed by atoms with Crippen LogP contribution < -0.4 is 15.4 Å². The smallest absolute Gasteiger partial charge is 0.407 e. The summed E-state index contributed by atoms with van der Waals surface area (Å²) in [6, 6.07) is 6.87. The summed E-state index contributed by atoms with van der Waals surface area (Å²) in [5.41, 5.74) is 1.28. The van der Waals surface area contributed by atoms with E-state index in [0.29, 0.717) is 17.9 Å². The predicted octanol–water partition coefficient (Wildman–Crippen LogP) is 5.18. The molecule has 1 aliphatic heterocycles. The fourth-order valence-corrected chi connectivity index (χ4v) is 3.70. The van der Waals surface area contributed by atoms with E-state index < -0.39 is 27.1 Å². The number of alkyl carbamates (subject to hydrolysis) is 1. The zero-order chi connectivity index (χ0) is 22.9. The van der Waals surface area contributed by atoms with Gasteiger partial charge in [0, 0.05) is 11.8 Å². The van der Waals surface area contributed by atoms with E-state index in [2.05, 4.69) is 10.6 Å². The highest BCUT2D eigenvalue weighted by atomic mass is 32.5. The molecule has 1 saturated heterocycles. The van der Waals surface area contributed by atoms with Gasteiger partial charge in [0.15, 0.2) is 0 Å². The maximum Gasteiger partial charge on any atom is 0.407 e. The fourth-order valence-electron chi connectivity index (χ4n) is 3.05. The molecular weight excluding hydrogens is 447 g/mol. The second-order valence-corrected chi connectivity index (χ2v) is 9.42. The minimum absolute atomic E-state index is 0.142. The first-order chi connectivity index (χ1) is 14.2. The highest BCUT2D eigenvalue weighted by molar-refractivity contribution is 8.45. The predicted molar refractivity (Wildman–Crippen MR) is 105 cm³/mol. The Morgan fingerprint density at radius 2 is 1.84 bits per heavy atom.